The Labute approximate surface area is 193 Å². The molecule has 4 rings (SSSR count). The van der Waals surface area contributed by atoms with Crippen molar-refractivity contribution < 1.29 is 9.59 Å². The van der Waals surface area contributed by atoms with Gasteiger partial charge in [0.2, 0.25) is 5.91 Å². The molecule has 3 aromatic rings. The van der Waals surface area contributed by atoms with Crippen LogP contribution in [0.1, 0.15) is 49.2 Å². The Balaban J connectivity index is 1.50. The van der Waals surface area contributed by atoms with E-state index in [1.165, 1.54) is 16.9 Å². The zero-order valence-electron chi connectivity index (χ0n) is 19.4. The highest BCUT2D eigenvalue weighted by Crippen LogP contribution is 2.59. The van der Waals surface area contributed by atoms with Crippen LogP contribution in [0.3, 0.4) is 0 Å². The average molecular weight is 448 g/mol. The standard InChI is InChI=1S/C26H29N3O2S/c1-14(2)12-18-21(26(18,5)6)24(31)29-25-27-19-11-10-17(13-20(19)32-25)23(30)28-22-15(3)8-7-9-16(22)4/h7-13,18,21H,1-6H3,(H,28,30)(H,27,29,31)/t18-,21+/m1/s1. The lowest BCUT2D eigenvalue weighted by atomic mass is 10.1. The second-order valence-corrected chi connectivity index (χ2v) is 10.5. The van der Waals surface area contributed by atoms with Gasteiger partial charge in [-0.1, -0.05) is 55.0 Å². The summed E-state index contributed by atoms with van der Waals surface area (Å²) in [5.74, 6) is 0.0438. The van der Waals surface area contributed by atoms with Gasteiger partial charge in [-0.05, 0) is 68.4 Å². The highest BCUT2D eigenvalue weighted by atomic mass is 32.1. The predicted octanol–water partition coefficient (Wildman–Crippen LogP) is 6.34. The summed E-state index contributed by atoms with van der Waals surface area (Å²) >= 11 is 1.39. The average Bonchev–Trinajstić information content (AvgIpc) is 3.04. The van der Waals surface area contributed by atoms with Crippen LogP contribution in [0.4, 0.5) is 10.8 Å². The number of carbonyl (C=O) groups is 2. The van der Waals surface area contributed by atoms with Gasteiger partial charge in [0.15, 0.2) is 5.13 Å². The summed E-state index contributed by atoms with van der Waals surface area (Å²) in [6.07, 6.45) is 2.18. The number of carbonyl (C=O) groups excluding carboxylic acids is 2. The molecule has 0 radical (unpaired) electrons. The fourth-order valence-electron chi connectivity index (χ4n) is 4.35. The second kappa shape index (κ2) is 8.17. The lowest BCUT2D eigenvalue weighted by Crippen LogP contribution is -2.16. The van der Waals surface area contributed by atoms with E-state index in [-0.39, 0.29) is 29.1 Å². The van der Waals surface area contributed by atoms with Crippen LogP contribution in [0, 0.1) is 31.1 Å². The number of fused-ring (bicyclic) bond motifs is 1. The second-order valence-electron chi connectivity index (χ2n) is 9.48. The van der Waals surface area contributed by atoms with Crippen LogP contribution in [0.5, 0.6) is 0 Å². The Morgan fingerprint density at radius 2 is 1.75 bits per heavy atom. The van der Waals surface area contributed by atoms with Gasteiger partial charge in [0.1, 0.15) is 0 Å². The van der Waals surface area contributed by atoms with Gasteiger partial charge >= 0.3 is 0 Å². The maximum Gasteiger partial charge on any atom is 0.255 e. The summed E-state index contributed by atoms with van der Waals surface area (Å²) in [6, 6.07) is 11.4. The third-order valence-electron chi connectivity index (χ3n) is 6.31. The molecule has 1 saturated carbocycles. The van der Waals surface area contributed by atoms with Crippen LogP contribution in [0.25, 0.3) is 10.2 Å². The van der Waals surface area contributed by atoms with Crippen LogP contribution in [-0.2, 0) is 4.79 Å². The largest absolute Gasteiger partial charge is 0.322 e. The van der Waals surface area contributed by atoms with Crippen molar-refractivity contribution in [3.8, 4) is 0 Å². The number of nitrogens with one attached hydrogen (secondary N) is 2. The van der Waals surface area contributed by atoms with Crippen LogP contribution in [-0.4, -0.2) is 16.8 Å². The van der Waals surface area contributed by atoms with Crippen molar-refractivity contribution in [2.75, 3.05) is 10.6 Å². The number of allylic oxidation sites excluding steroid dienone is 2. The zero-order valence-corrected chi connectivity index (χ0v) is 20.2. The van der Waals surface area contributed by atoms with E-state index in [4.69, 9.17) is 0 Å². The van der Waals surface area contributed by atoms with Gasteiger partial charge in [0, 0.05) is 11.3 Å². The summed E-state index contributed by atoms with van der Waals surface area (Å²) in [5.41, 5.74) is 5.40. The van der Waals surface area contributed by atoms with E-state index < -0.39 is 0 Å². The fourth-order valence-corrected chi connectivity index (χ4v) is 5.26. The van der Waals surface area contributed by atoms with Crippen molar-refractivity contribution >= 4 is 44.2 Å². The molecule has 1 aromatic heterocycles. The maximum absolute atomic E-state index is 12.9. The summed E-state index contributed by atoms with van der Waals surface area (Å²) < 4.78 is 0.866. The fraction of sp³-hybridized carbons (Fsp3) is 0.346. The first-order valence-corrected chi connectivity index (χ1v) is 11.6. The molecular formula is C26H29N3O2S. The molecule has 2 atom stereocenters. The minimum Gasteiger partial charge on any atom is -0.322 e. The molecule has 1 aliphatic rings. The summed E-state index contributed by atoms with van der Waals surface area (Å²) in [6.45, 7) is 12.3. The smallest absolute Gasteiger partial charge is 0.255 e. The number of nitrogens with zero attached hydrogens (tertiary/aromatic N) is 1. The van der Waals surface area contributed by atoms with Crippen LogP contribution in [0.15, 0.2) is 48.0 Å². The Hall–Kier alpha value is -2.99. The third kappa shape index (κ3) is 4.19. The molecule has 0 unspecified atom stereocenters. The van der Waals surface area contributed by atoms with E-state index in [1.807, 2.05) is 44.2 Å². The van der Waals surface area contributed by atoms with E-state index in [9.17, 15) is 9.59 Å². The normalized spacial score (nSPS) is 18.8. The number of rotatable bonds is 5. The van der Waals surface area contributed by atoms with Crippen LogP contribution in [0.2, 0.25) is 0 Å². The first kappa shape index (κ1) is 22.2. The molecule has 2 amide bonds. The Morgan fingerprint density at radius 1 is 1.06 bits per heavy atom. The van der Waals surface area contributed by atoms with Gasteiger partial charge in [-0.15, -0.1) is 0 Å². The molecule has 1 fully saturated rings. The number of benzene rings is 2. The highest BCUT2D eigenvalue weighted by Gasteiger charge is 2.60. The Kier molecular flexibility index (Phi) is 5.67. The topological polar surface area (TPSA) is 71.1 Å². The molecule has 2 aromatic carbocycles. The number of hydrogen-bond donors (Lipinski definition) is 2. The number of aryl methyl sites for hydroxylation is 2. The summed E-state index contributed by atoms with van der Waals surface area (Å²) in [5, 5.41) is 6.58. The van der Waals surface area contributed by atoms with Crippen molar-refractivity contribution in [1.82, 2.24) is 4.98 Å². The predicted molar refractivity (Wildman–Crippen MR) is 132 cm³/mol. The van der Waals surface area contributed by atoms with E-state index >= 15 is 0 Å². The van der Waals surface area contributed by atoms with Crippen molar-refractivity contribution in [1.29, 1.82) is 0 Å². The van der Waals surface area contributed by atoms with E-state index in [0.29, 0.717) is 10.7 Å². The number of amides is 2. The molecule has 1 heterocycles. The van der Waals surface area contributed by atoms with Gasteiger partial charge < -0.3 is 10.6 Å². The quantitative estimate of drug-likeness (QED) is 0.448. The first-order valence-electron chi connectivity index (χ1n) is 10.8. The SMILES string of the molecule is CC(C)=C[C@@H]1[C@@H](C(=O)Nc2nc3ccc(C(=O)Nc4c(C)cccc4C)cc3s2)C1(C)C. The molecule has 32 heavy (non-hydrogen) atoms. The Morgan fingerprint density at radius 3 is 2.41 bits per heavy atom. The maximum atomic E-state index is 12.9. The highest BCUT2D eigenvalue weighted by molar-refractivity contribution is 7.22. The van der Waals surface area contributed by atoms with E-state index in [0.717, 1.165) is 27.0 Å². The van der Waals surface area contributed by atoms with Crippen molar-refractivity contribution in [3.05, 3.63) is 64.7 Å². The van der Waals surface area contributed by atoms with Gasteiger partial charge in [0.25, 0.3) is 5.91 Å². The lowest BCUT2D eigenvalue weighted by Gasteiger charge is -2.11. The van der Waals surface area contributed by atoms with Gasteiger partial charge in [-0.3, -0.25) is 9.59 Å². The van der Waals surface area contributed by atoms with Gasteiger partial charge in [0.05, 0.1) is 16.1 Å². The molecule has 2 N–H and O–H groups in total. The van der Waals surface area contributed by atoms with Gasteiger partial charge in [-0.25, -0.2) is 4.98 Å². The van der Waals surface area contributed by atoms with Crippen molar-refractivity contribution in [3.63, 3.8) is 0 Å². The number of hydrogen-bond acceptors (Lipinski definition) is 4. The molecule has 0 spiro atoms. The van der Waals surface area contributed by atoms with Crippen LogP contribution >= 0.6 is 11.3 Å². The third-order valence-corrected chi connectivity index (χ3v) is 7.24. The van der Waals surface area contributed by atoms with Crippen molar-refractivity contribution in [2.24, 2.45) is 17.3 Å². The van der Waals surface area contributed by atoms with E-state index in [2.05, 4.69) is 49.4 Å². The molecule has 0 aliphatic heterocycles. The molecule has 5 nitrogen and oxygen atoms in total. The molecule has 166 valence electrons. The molecule has 0 bridgehead atoms. The molecular weight excluding hydrogens is 418 g/mol. The van der Waals surface area contributed by atoms with Crippen molar-refractivity contribution in [2.45, 2.75) is 41.5 Å². The summed E-state index contributed by atoms with van der Waals surface area (Å²) in [7, 11) is 0. The number of aromatic nitrogens is 1. The minimum atomic E-state index is -0.160. The monoisotopic (exact) mass is 447 g/mol. The first-order chi connectivity index (χ1) is 15.1. The zero-order chi connectivity index (χ0) is 23.2. The Bertz CT molecular complexity index is 1230. The molecule has 6 heteroatoms. The molecule has 1 aliphatic carbocycles. The number of thiazole rings is 1. The summed E-state index contributed by atoms with van der Waals surface area (Å²) in [4.78, 5) is 30.3. The number of anilines is 2. The lowest BCUT2D eigenvalue weighted by molar-refractivity contribution is -0.118. The van der Waals surface area contributed by atoms with E-state index in [1.54, 1.807) is 6.07 Å². The van der Waals surface area contributed by atoms with Gasteiger partial charge in [-0.2, -0.15) is 0 Å². The van der Waals surface area contributed by atoms with Crippen LogP contribution < -0.4 is 10.6 Å². The minimum absolute atomic E-state index is 0.00421. The number of para-hydroxylation sites is 1. The molecule has 0 saturated heterocycles.